The van der Waals surface area contributed by atoms with E-state index in [4.69, 9.17) is 4.74 Å². The quantitative estimate of drug-likeness (QED) is 0.660. The number of rotatable bonds is 6. The van der Waals surface area contributed by atoms with E-state index in [1.165, 1.54) is 11.3 Å². The lowest BCUT2D eigenvalue weighted by atomic mass is 9.99. The van der Waals surface area contributed by atoms with Crippen molar-refractivity contribution in [2.45, 2.75) is 19.9 Å². The number of carbonyl (C=O) groups is 2. The van der Waals surface area contributed by atoms with Crippen molar-refractivity contribution < 1.29 is 14.3 Å². The van der Waals surface area contributed by atoms with Crippen LogP contribution in [-0.4, -0.2) is 23.5 Å². The number of aromatic nitrogens is 1. The van der Waals surface area contributed by atoms with Gasteiger partial charge in [-0.1, -0.05) is 60.7 Å². The average Bonchev–Trinajstić information content (AvgIpc) is 3.03. The number of esters is 1. The number of carbonyl (C=O) groups excluding carboxylic acids is 2. The zero-order valence-corrected chi connectivity index (χ0v) is 16.0. The Morgan fingerprint density at radius 1 is 1.00 bits per heavy atom. The molecule has 0 aliphatic carbocycles. The van der Waals surface area contributed by atoms with Crippen LogP contribution in [0.25, 0.3) is 0 Å². The maximum absolute atomic E-state index is 12.4. The van der Waals surface area contributed by atoms with Gasteiger partial charge in [0, 0.05) is 0 Å². The fraction of sp³-hybridized carbons (Fsp3) is 0.190. The van der Waals surface area contributed by atoms with Gasteiger partial charge in [0.15, 0.2) is 6.61 Å². The van der Waals surface area contributed by atoms with E-state index in [0.717, 1.165) is 16.1 Å². The van der Waals surface area contributed by atoms with Gasteiger partial charge in [-0.25, -0.2) is 9.78 Å². The van der Waals surface area contributed by atoms with E-state index >= 15 is 0 Å². The molecule has 2 aromatic carbocycles. The number of aryl methyl sites for hydroxylation is 2. The van der Waals surface area contributed by atoms with Crippen LogP contribution in [0.5, 0.6) is 0 Å². The molecule has 1 heterocycles. The van der Waals surface area contributed by atoms with Gasteiger partial charge >= 0.3 is 5.97 Å². The van der Waals surface area contributed by atoms with E-state index in [-0.39, 0.29) is 18.6 Å². The van der Waals surface area contributed by atoms with E-state index in [0.29, 0.717) is 10.6 Å². The van der Waals surface area contributed by atoms with E-state index < -0.39 is 5.97 Å². The maximum atomic E-state index is 12.4. The second-order valence-corrected chi connectivity index (χ2v) is 7.25. The van der Waals surface area contributed by atoms with Crippen LogP contribution < -0.4 is 5.32 Å². The van der Waals surface area contributed by atoms with Crippen molar-refractivity contribution in [2.75, 3.05) is 6.61 Å². The van der Waals surface area contributed by atoms with Gasteiger partial charge in [0.1, 0.15) is 4.88 Å². The molecule has 27 heavy (non-hydrogen) atoms. The Balaban J connectivity index is 1.68. The van der Waals surface area contributed by atoms with E-state index in [1.54, 1.807) is 6.92 Å². The number of nitrogens with zero attached hydrogens (tertiary/aromatic N) is 1. The summed E-state index contributed by atoms with van der Waals surface area (Å²) in [5.41, 5.74) is 2.53. The van der Waals surface area contributed by atoms with Gasteiger partial charge in [0.05, 0.1) is 16.7 Å². The molecule has 0 aliphatic rings. The second-order valence-electron chi connectivity index (χ2n) is 6.05. The van der Waals surface area contributed by atoms with Crippen molar-refractivity contribution in [3.63, 3.8) is 0 Å². The molecule has 0 fully saturated rings. The van der Waals surface area contributed by atoms with Crippen molar-refractivity contribution in [3.8, 4) is 0 Å². The van der Waals surface area contributed by atoms with Crippen LogP contribution in [0.15, 0.2) is 60.7 Å². The largest absolute Gasteiger partial charge is 0.451 e. The average molecular weight is 380 g/mol. The first kappa shape index (κ1) is 18.8. The number of benzene rings is 2. The Labute approximate surface area is 162 Å². The normalized spacial score (nSPS) is 10.6. The molecule has 1 aromatic heterocycles. The number of amides is 1. The van der Waals surface area contributed by atoms with Gasteiger partial charge in [-0.15, -0.1) is 11.3 Å². The third-order valence-electron chi connectivity index (χ3n) is 3.99. The summed E-state index contributed by atoms with van der Waals surface area (Å²) < 4.78 is 5.18. The number of ether oxygens (including phenoxy) is 1. The predicted octanol–water partition coefficient (Wildman–Crippen LogP) is 3.82. The molecule has 0 atom stereocenters. The summed E-state index contributed by atoms with van der Waals surface area (Å²) >= 11 is 1.26. The summed E-state index contributed by atoms with van der Waals surface area (Å²) in [6.45, 7) is 3.23. The van der Waals surface area contributed by atoms with Gasteiger partial charge in [0.25, 0.3) is 5.91 Å². The Hall–Kier alpha value is -2.99. The van der Waals surface area contributed by atoms with Crippen molar-refractivity contribution in [2.24, 2.45) is 0 Å². The minimum absolute atomic E-state index is 0.314. The highest BCUT2D eigenvalue weighted by Gasteiger charge is 2.20. The highest BCUT2D eigenvalue weighted by atomic mass is 32.1. The minimum Gasteiger partial charge on any atom is -0.451 e. The van der Waals surface area contributed by atoms with Crippen molar-refractivity contribution in [3.05, 3.63) is 87.4 Å². The van der Waals surface area contributed by atoms with E-state index in [9.17, 15) is 9.59 Å². The Bertz CT molecular complexity index is 884. The summed E-state index contributed by atoms with van der Waals surface area (Å²) in [5, 5.41) is 3.74. The van der Waals surface area contributed by atoms with E-state index in [1.807, 2.05) is 67.6 Å². The zero-order chi connectivity index (χ0) is 19.2. The standard InChI is InChI=1S/C21H20N2O3S/c1-14-20(27-15(2)22-14)21(25)26-13-18(24)23-19(16-9-5-3-6-10-16)17-11-7-4-8-12-17/h3-12,19H,13H2,1-2H3,(H,23,24). The van der Waals surface area contributed by atoms with Crippen LogP contribution in [0.3, 0.4) is 0 Å². The molecular weight excluding hydrogens is 360 g/mol. The van der Waals surface area contributed by atoms with Crippen LogP contribution in [0.1, 0.15) is 37.5 Å². The molecule has 0 spiro atoms. The number of nitrogens with one attached hydrogen (secondary N) is 1. The molecule has 0 saturated carbocycles. The number of hydrogen-bond donors (Lipinski definition) is 1. The fourth-order valence-electron chi connectivity index (χ4n) is 2.77. The monoisotopic (exact) mass is 380 g/mol. The summed E-state index contributed by atoms with van der Waals surface area (Å²) in [6.07, 6.45) is 0. The van der Waals surface area contributed by atoms with Crippen LogP contribution in [-0.2, 0) is 9.53 Å². The summed E-state index contributed by atoms with van der Waals surface area (Å²) in [6, 6.07) is 19.0. The first-order valence-electron chi connectivity index (χ1n) is 8.55. The first-order chi connectivity index (χ1) is 13.0. The molecule has 0 radical (unpaired) electrons. The smallest absolute Gasteiger partial charge is 0.350 e. The number of thiazole rings is 1. The number of hydrogen-bond acceptors (Lipinski definition) is 5. The fourth-order valence-corrected chi connectivity index (χ4v) is 3.58. The molecule has 3 aromatic rings. The van der Waals surface area contributed by atoms with Gasteiger partial charge < -0.3 is 10.1 Å². The van der Waals surface area contributed by atoms with Gasteiger partial charge in [0.2, 0.25) is 0 Å². The zero-order valence-electron chi connectivity index (χ0n) is 15.1. The molecule has 0 saturated heterocycles. The van der Waals surface area contributed by atoms with Gasteiger partial charge in [-0.2, -0.15) is 0 Å². The Morgan fingerprint density at radius 3 is 2.04 bits per heavy atom. The molecule has 0 bridgehead atoms. The molecular formula is C21H20N2O3S. The van der Waals surface area contributed by atoms with Crippen LogP contribution in [0, 0.1) is 13.8 Å². The SMILES string of the molecule is Cc1nc(C)c(C(=O)OCC(=O)NC(c2ccccc2)c2ccccc2)s1. The highest BCUT2D eigenvalue weighted by molar-refractivity contribution is 7.13. The maximum Gasteiger partial charge on any atom is 0.350 e. The second kappa shape index (κ2) is 8.60. The molecule has 6 heteroatoms. The lowest BCUT2D eigenvalue weighted by molar-refractivity contribution is -0.124. The minimum atomic E-state index is -0.524. The lowest BCUT2D eigenvalue weighted by Crippen LogP contribution is -2.33. The highest BCUT2D eigenvalue weighted by Crippen LogP contribution is 2.22. The molecule has 0 unspecified atom stereocenters. The first-order valence-corrected chi connectivity index (χ1v) is 9.36. The third-order valence-corrected chi connectivity index (χ3v) is 5.05. The van der Waals surface area contributed by atoms with Crippen LogP contribution >= 0.6 is 11.3 Å². The molecule has 138 valence electrons. The van der Waals surface area contributed by atoms with Crippen LogP contribution in [0.2, 0.25) is 0 Å². The van der Waals surface area contributed by atoms with Crippen molar-refractivity contribution in [1.29, 1.82) is 0 Å². The van der Waals surface area contributed by atoms with Crippen molar-refractivity contribution in [1.82, 2.24) is 10.3 Å². The van der Waals surface area contributed by atoms with Gasteiger partial charge in [-0.3, -0.25) is 4.79 Å². The molecule has 3 rings (SSSR count). The van der Waals surface area contributed by atoms with E-state index in [2.05, 4.69) is 10.3 Å². The molecule has 1 N–H and O–H groups in total. The van der Waals surface area contributed by atoms with Gasteiger partial charge in [-0.05, 0) is 25.0 Å². The summed E-state index contributed by atoms with van der Waals surface area (Å²) in [7, 11) is 0. The molecule has 5 nitrogen and oxygen atoms in total. The predicted molar refractivity (Wildman–Crippen MR) is 105 cm³/mol. The lowest BCUT2D eigenvalue weighted by Gasteiger charge is -2.19. The topological polar surface area (TPSA) is 68.3 Å². The third kappa shape index (κ3) is 4.80. The summed E-state index contributed by atoms with van der Waals surface area (Å²) in [4.78, 5) is 29.2. The molecule has 0 aliphatic heterocycles. The Kier molecular flexibility index (Phi) is 5.98. The van der Waals surface area contributed by atoms with Crippen LogP contribution in [0.4, 0.5) is 0 Å². The van der Waals surface area contributed by atoms with Crippen molar-refractivity contribution >= 4 is 23.2 Å². The molecule has 1 amide bonds. The Morgan fingerprint density at radius 2 is 1.56 bits per heavy atom. The summed E-state index contributed by atoms with van der Waals surface area (Å²) in [5.74, 6) is -0.885.